The quantitative estimate of drug-likeness (QED) is 0.772. The summed E-state index contributed by atoms with van der Waals surface area (Å²) < 4.78 is 32.2. The van der Waals surface area contributed by atoms with Gasteiger partial charge in [-0.15, -0.1) is 0 Å². The topological polar surface area (TPSA) is 119 Å². The number of aromatic nitrogens is 1. The SMILES string of the molecule is Cc1noc(C)c1S(=O)(=O)N1CCC(C(=O)NC2CCCCC2CN)CC1. The molecule has 2 heterocycles. The molecule has 1 aliphatic carbocycles. The Morgan fingerprint density at radius 3 is 2.48 bits per heavy atom. The Labute approximate surface area is 160 Å². The van der Waals surface area contributed by atoms with Gasteiger partial charge in [0, 0.05) is 25.0 Å². The molecule has 9 heteroatoms. The van der Waals surface area contributed by atoms with Crippen LogP contribution in [0.1, 0.15) is 50.0 Å². The van der Waals surface area contributed by atoms with Crippen LogP contribution in [0.15, 0.2) is 9.42 Å². The van der Waals surface area contributed by atoms with Crippen molar-refractivity contribution in [3.63, 3.8) is 0 Å². The van der Waals surface area contributed by atoms with Crippen LogP contribution in [0.25, 0.3) is 0 Å². The lowest BCUT2D eigenvalue weighted by Gasteiger charge is -2.34. The van der Waals surface area contributed by atoms with Crippen molar-refractivity contribution in [1.82, 2.24) is 14.8 Å². The Morgan fingerprint density at radius 1 is 1.22 bits per heavy atom. The number of nitrogens with zero attached hydrogens (tertiary/aromatic N) is 2. The molecule has 152 valence electrons. The molecule has 2 unspecified atom stereocenters. The summed E-state index contributed by atoms with van der Waals surface area (Å²) in [6.07, 6.45) is 5.38. The van der Waals surface area contributed by atoms with Crippen LogP contribution in [0.2, 0.25) is 0 Å². The van der Waals surface area contributed by atoms with Crippen LogP contribution >= 0.6 is 0 Å². The van der Waals surface area contributed by atoms with E-state index in [2.05, 4.69) is 10.5 Å². The van der Waals surface area contributed by atoms with Gasteiger partial charge in [-0.3, -0.25) is 4.79 Å². The molecule has 27 heavy (non-hydrogen) atoms. The van der Waals surface area contributed by atoms with Gasteiger partial charge in [0.25, 0.3) is 0 Å². The van der Waals surface area contributed by atoms with Gasteiger partial charge >= 0.3 is 0 Å². The summed E-state index contributed by atoms with van der Waals surface area (Å²) in [5.74, 6) is 0.538. The standard InChI is InChI=1S/C18H30N4O4S/c1-12-17(13(2)26-21-12)27(24,25)22-9-7-14(8-10-22)18(23)20-16-6-4-3-5-15(16)11-19/h14-16H,3-11,19H2,1-2H3,(H,20,23). The first-order valence-corrected chi connectivity index (χ1v) is 11.2. The summed E-state index contributed by atoms with van der Waals surface area (Å²) in [5, 5.41) is 6.92. The summed E-state index contributed by atoms with van der Waals surface area (Å²) in [4.78, 5) is 12.8. The number of hydrogen-bond donors (Lipinski definition) is 2. The predicted molar refractivity (Wildman–Crippen MR) is 100 cm³/mol. The number of amides is 1. The van der Waals surface area contributed by atoms with Gasteiger partial charge in [-0.25, -0.2) is 8.42 Å². The van der Waals surface area contributed by atoms with Gasteiger partial charge in [0.05, 0.1) is 0 Å². The molecule has 3 rings (SSSR count). The smallest absolute Gasteiger partial charge is 0.248 e. The third-order valence-corrected chi connectivity index (χ3v) is 8.07. The molecule has 0 aromatic carbocycles. The number of nitrogens with two attached hydrogens (primary N) is 1. The zero-order valence-electron chi connectivity index (χ0n) is 16.1. The van der Waals surface area contributed by atoms with Crippen LogP contribution in [0.3, 0.4) is 0 Å². The number of hydrogen-bond acceptors (Lipinski definition) is 6. The molecule has 1 saturated heterocycles. The Kier molecular flexibility index (Phi) is 6.22. The fourth-order valence-electron chi connectivity index (χ4n) is 4.31. The molecule has 1 amide bonds. The molecule has 2 atom stereocenters. The Hall–Kier alpha value is -1.45. The van der Waals surface area contributed by atoms with Crippen molar-refractivity contribution in [2.45, 2.75) is 63.3 Å². The number of rotatable bonds is 5. The maximum atomic E-state index is 12.9. The van der Waals surface area contributed by atoms with Gasteiger partial charge < -0.3 is 15.6 Å². The molecule has 1 aliphatic heterocycles. The Bertz CT molecular complexity index is 749. The minimum absolute atomic E-state index is 0.0368. The zero-order chi connectivity index (χ0) is 19.6. The highest BCUT2D eigenvalue weighted by Crippen LogP contribution is 2.29. The predicted octanol–water partition coefficient (Wildman–Crippen LogP) is 1.33. The lowest BCUT2D eigenvalue weighted by Crippen LogP contribution is -2.49. The fraction of sp³-hybridized carbons (Fsp3) is 0.778. The second-order valence-corrected chi connectivity index (χ2v) is 9.60. The lowest BCUT2D eigenvalue weighted by molar-refractivity contribution is -0.127. The van der Waals surface area contributed by atoms with E-state index in [1.807, 2.05) is 0 Å². The summed E-state index contributed by atoms with van der Waals surface area (Å²) in [6.45, 7) is 4.48. The van der Waals surface area contributed by atoms with Crippen molar-refractivity contribution in [3.05, 3.63) is 11.5 Å². The van der Waals surface area contributed by atoms with Gasteiger partial charge in [0.2, 0.25) is 15.9 Å². The minimum atomic E-state index is -3.64. The van der Waals surface area contributed by atoms with Crippen molar-refractivity contribution in [3.8, 4) is 0 Å². The average molecular weight is 399 g/mol. The fourth-order valence-corrected chi connectivity index (χ4v) is 6.07. The molecular weight excluding hydrogens is 368 g/mol. The third kappa shape index (κ3) is 4.20. The third-order valence-electron chi connectivity index (χ3n) is 5.93. The Morgan fingerprint density at radius 2 is 1.89 bits per heavy atom. The van der Waals surface area contributed by atoms with E-state index in [0.29, 0.717) is 49.8 Å². The van der Waals surface area contributed by atoms with E-state index in [0.717, 1.165) is 19.3 Å². The van der Waals surface area contributed by atoms with Gasteiger partial charge in [0.15, 0.2) is 5.76 Å². The van der Waals surface area contributed by atoms with Crippen molar-refractivity contribution >= 4 is 15.9 Å². The number of carbonyl (C=O) groups excluding carboxylic acids is 1. The molecule has 1 aromatic heterocycles. The molecule has 2 aliphatic rings. The number of piperidine rings is 1. The largest absolute Gasteiger partial charge is 0.360 e. The van der Waals surface area contributed by atoms with Crippen molar-refractivity contribution in [2.75, 3.05) is 19.6 Å². The van der Waals surface area contributed by atoms with Gasteiger partial charge in [0.1, 0.15) is 10.6 Å². The van der Waals surface area contributed by atoms with E-state index in [1.165, 1.54) is 10.7 Å². The first kappa shape index (κ1) is 20.3. The van der Waals surface area contributed by atoms with Crippen molar-refractivity contribution < 1.29 is 17.7 Å². The molecule has 0 radical (unpaired) electrons. The highest BCUT2D eigenvalue weighted by Gasteiger charge is 2.36. The number of sulfonamides is 1. The van der Waals surface area contributed by atoms with E-state index in [9.17, 15) is 13.2 Å². The minimum Gasteiger partial charge on any atom is -0.360 e. The molecule has 3 N–H and O–H groups in total. The van der Waals surface area contributed by atoms with Crippen molar-refractivity contribution in [1.29, 1.82) is 0 Å². The van der Waals surface area contributed by atoms with E-state index in [-0.39, 0.29) is 22.8 Å². The van der Waals surface area contributed by atoms with E-state index >= 15 is 0 Å². The first-order valence-electron chi connectivity index (χ1n) is 9.78. The highest BCUT2D eigenvalue weighted by molar-refractivity contribution is 7.89. The number of nitrogens with one attached hydrogen (secondary N) is 1. The average Bonchev–Trinajstić information content (AvgIpc) is 3.01. The maximum absolute atomic E-state index is 12.9. The lowest BCUT2D eigenvalue weighted by atomic mass is 9.84. The van der Waals surface area contributed by atoms with Crippen molar-refractivity contribution in [2.24, 2.45) is 17.6 Å². The van der Waals surface area contributed by atoms with Crippen LogP contribution < -0.4 is 11.1 Å². The number of carbonyl (C=O) groups is 1. The van der Waals surface area contributed by atoms with Crippen LogP contribution in [0.5, 0.6) is 0 Å². The van der Waals surface area contributed by atoms with E-state index in [1.54, 1.807) is 13.8 Å². The summed E-state index contributed by atoms with van der Waals surface area (Å²) in [7, 11) is -3.64. The van der Waals surface area contributed by atoms with E-state index < -0.39 is 10.0 Å². The summed E-state index contributed by atoms with van der Waals surface area (Å²) in [6, 6.07) is 0.153. The maximum Gasteiger partial charge on any atom is 0.248 e. The second-order valence-electron chi connectivity index (χ2n) is 7.73. The molecule has 2 fully saturated rings. The monoisotopic (exact) mass is 398 g/mol. The molecule has 0 spiro atoms. The highest BCUT2D eigenvalue weighted by atomic mass is 32.2. The van der Waals surface area contributed by atoms with Crippen LogP contribution in [-0.2, 0) is 14.8 Å². The zero-order valence-corrected chi connectivity index (χ0v) is 16.9. The van der Waals surface area contributed by atoms with Gasteiger partial charge in [-0.1, -0.05) is 18.0 Å². The number of aryl methyl sites for hydroxylation is 2. The molecule has 8 nitrogen and oxygen atoms in total. The van der Waals surface area contributed by atoms with Crippen LogP contribution in [0, 0.1) is 25.7 Å². The van der Waals surface area contributed by atoms with Gasteiger partial charge in [-0.05, 0) is 52.0 Å². The van der Waals surface area contributed by atoms with Crippen LogP contribution in [0.4, 0.5) is 0 Å². The molecular formula is C18H30N4O4S. The molecule has 0 bridgehead atoms. The second kappa shape index (κ2) is 8.28. The Balaban J connectivity index is 1.59. The van der Waals surface area contributed by atoms with Gasteiger partial charge in [-0.2, -0.15) is 4.31 Å². The summed E-state index contributed by atoms with van der Waals surface area (Å²) in [5.41, 5.74) is 6.22. The van der Waals surface area contributed by atoms with Crippen LogP contribution in [-0.4, -0.2) is 49.5 Å². The normalized spacial score (nSPS) is 25.4. The first-order chi connectivity index (χ1) is 12.8. The van der Waals surface area contributed by atoms with E-state index in [4.69, 9.17) is 10.3 Å². The molecule has 1 aromatic rings. The molecule has 1 saturated carbocycles. The summed E-state index contributed by atoms with van der Waals surface area (Å²) >= 11 is 0.